The minimum absolute atomic E-state index is 0.0215. The van der Waals surface area contributed by atoms with Gasteiger partial charge >= 0.3 is 7.75 Å². The third-order valence-electron chi connectivity index (χ3n) is 8.65. The summed E-state index contributed by atoms with van der Waals surface area (Å²) >= 11 is 0. The Labute approximate surface area is 281 Å². The minimum Gasteiger partial charge on any atom is -0.454 e. The maximum Gasteiger partial charge on any atom is 0.406 e. The second-order valence-corrected chi connectivity index (χ2v) is 13.5. The summed E-state index contributed by atoms with van der Waals surface area (Å²) < 4.78 is 53.0. The first-order chi connectivity index (χ1) is 24.2. The van der Waals surface area contributed by atoms with E-state index in [1.54, 1.807) is 22.8 Å². The molecule has 0 amide bonds. The van der Waals surface area contributed by atoms with Crippen LogP contribution in [0.5, 0.6) is 11.5 Å². The van der Waals surface area contributed by atoms with Crippen molar-refractivity contribution in [1.82, 2.24) is 44.1 Å². The second kappa shape index (κ2) is 12.9. The predicted molar refractivity (Wildman–Crippen MR) is 170 cm³/mol. The van der Waals surface area contributed by atoms with Crippen LogP contribution in [0.15, 0.2) is 42.0 Å². The van der Waals surface area contributed by atoms with Crippen molar-refractivity contribution in [2.24, 2.45) is 0 Å². The number of benzene rings is 1. The number of aromatic nitrogens is 8. The Morgan fingerprint density at radius 3 is 2.64 bits per heavy atom. The quantitative estimate of drug-likeness (QED) is 0.0988. The van der Waals surface area contributed by atoms with Crippen molar-refractivity contribution in [3.05, 3.63) is 53.1 Å². The lowest BCUT2D eigenvalue weighted by Crippen LogP contribution is -2.32. The molecule has 21 nitrogen and oxygen atoms in total. The highest BCUT2D eigenvalue weighted by Crippen LogP contribution is 2.50. The van der Waals surface area contributed by atoms with Gasteiger partial charge in [0, 0.05) is 24.9 Å². The van der Waals surface area contributed by atoms with Gasteiger partial charge in [0.05, 0.1) is 32.0 Å². The monoisotopic (exact) mass is 713 g/mol. The fourth-order valence-electron chi connectivity index (χ4n) is 6.19. The van der Waals surface area contributed by atoms with Gasteiger partial charge in [0.1, 0.15) is 42.6 Å². The number of aliphatic hydroxyl groups is 2. The Bertz CT molecular complexity index is 2160. The van der Waals surface area contributed by atoms with Crippen molar-refractivity contribution in [1.29, 1.82) is 0 Å². The van der Waals surface area contributed by atoms with Crippen LogP contribution in [-0.2, 0) is 29.6 Å². The van der Waals surface area contributed by atoms with E-state index in [4.69, 9.17) is 39.5 Å². The fourth-order valence-corrected chi connectivity index (χ4v) is 7.70. The summed E-state index contributed by atoms with van der Waals surface area (Å²) in [5.74, 6) is 1.10. The first kappa shape index (κ1) is 32.5. The van der Waals surface area contributed by atoms with Crippen LogP contribution in [0.4, 0.5) is 11.8 Å². The lowest BCUT2D eigenvalue weighted by molar-refractivity contribution is -0.0509. The van der Waals surface area contributed by atoms with Gasteiger partial charge in [0.25, 0.3) is 5.56 Å². The van der Waals surface area contributed by atoms with E-state index in [1.165, 1.54) is 23.5 Å². The third kappa shape index (κ3) is 5.92. The molecule has 5 aromatic rings. The molecule has 7 heterocycles. The molecule has 1 unspecified atom stereocenters. The Kier molecular flexibility index (Phi) is 8.35. The number of ether oxygens (including phenoxy) is 4. The molecule has 3 aliphatic heterocycles. The molecule has 0 spiro atoms. The van der Waals surface area contributed by atoms with Gasteiger partial charge in [-0.1, -0.05) is 12.1 Å². The predicted octanol–water partition coefficient (Wildman–Crippen LogP) is 0.0805. The largest absolute Gasteiger partial charge is 0.454 e. The highest BCUT2D eigenvalue weighted by Gasteiger charge is 2.44. The van der Waals surface area contributed by atoms with Crippen molar-refractivity contribution < 1.29 is 42.8 Å². The molecular formula is C28H32N11O10P. The van der Waals surface area contributed by atoms with Crippen LogP contribution >= 0.6 is 7.75 Å². The topological polar surface area (TPSA) is 284 Å². The maximum absolute atomic E-state index is 14.5. The summed E-state index contributed by atoms with van der Waals surface area (Å²) in [6, 6.07) is 5.28. The van der Waals surface area contributed by atoms with Crippen LogP contribution in [0.2, 0.25) is 0 Å². The molecule has 264 valence electrons. The second-order valence-electron chi connectivity index (χ2n) is 11.8. The SMILES string of the molecule is Nc1nc2c(ncn2[C@H]2C[C@@H](O)[C@@H](COP(=O)(NCc3cccc4c3OCO4)O[C@@H]3C[C@H](n4cnc5c(N)ncnc54)O[C@@H]3CO)O2)c(=O)[nH]1. The summed E-state index contributed by atoms with van der Waals surface area (Å²) in [6.45, 7) is -0.822. The van der Waals surface area contributed by atoms with E-state index in [0.29, 0.717) is 28.2 Å². The fraction of sp³-hybridized carbons (Fsp3) is 0.429. The number of aromatic amines is 1. The molecule has 0 radical (unpaired) electrons. The number of imidazole rings is 2. The van der Waals surface area contributed by atoms with Crippen LogP contribution in [0, 0.1) is 0 Å². The number of nitrogens with zero attached hydrogens (tertiary/aromatic N) is 7. The van der Waals surface area contributed by atoms with Crippen molar-refractivity contribution in [2.75, 3.05) is 31.5 Å². The number of nitrogens with two attached hydrogens (primary N) is 2. The Balaban J connectivity index is 1.02. The van der Waals surface area contributed by atoms with Gasteiger partial charge in [0.2, 0.25) is 12.7 Å². The van der Waals surface area contributed by atoms with Gasteiger partial charge in [-0.3, -0.25) is 28.0 Å². The van der Waals surface area contributed by atoms with Crippen LogP contribution in [0.3, 0.4) is 0 Å². The molecule has 0 saturated carbocycles. The van der Waals surface area contributed by atoms with Gasteiger partial charge in [0.15, 0.2) is 34.1 Å². The Morgan fingerprint density at radius 1 is 1.02 bits per heavy atom. The van der Waals surface area contributed by atoms with Crippen LogP contribution in [-0.4, -0.2) is 93.7 Å². The third-order valence-corrected chi connectivity index (χ3v) is 10.2. The number of hydrogen-bond acceptors (Lipinski definition) is 17. The minimum atomic E-state index is -4.27. The lowest BCUT2D eigenvalue weighted by Gasteiger charge is -2.26. The van der Waals surface area contributed by atoms with E-state index in [9.17, 15) is 19.6 Å². The number of para-hydroxylation sites is 1. The molecule has 22 heteroatoms. The van der Waals surface area contributed by atoms with Crippen molar-refractivity contribution in [3.8, 4) is 11.5 Å². The highest BCUT2D eigenvalue weighted by atomic mass is 31.2. The number of fused-ring (bicyclic) bond motifs is 3. The van der Waals surface area contributed by atoms with E-state index < -0.39 is 56.8 Å². The van der Waals surface area contributed by atoms with Gasteiger partial charge in [-0.2, -0.15) is 4.98 Å². The molecule has 8 rings (SSSR count). The van der Waals surface area contributed by atoms with Crippen LogP contribution in [0.25, 0.3) is 22.3 Å². The smallest absolute Gasteiger partial charge is 0.406 e. The van der Waals surface area contributed by atoms with Gasteiger partial charge in [-0.05, 0) is 6.07 Å². The molecule has 4 aromatic heterocycles. The van der Waals surface area contributed by atoms with Gasteiger partial charge in [-0.25, -0.2) is 29.6 Å². The summed E-state index contributed by atoms with van der Waals surface area (Å²) in [6.07, 6.45) is -1.04. The number of nitrogen functional groups attached to an aromatic ring is 2. The van der Waals surface area contributed by atoms with Crippen LogP contribution in [0.1, 0.15) is 30.9 Å². The summed E-state index contributed by atoms with van der Waals surface area (Å²) in [4.78, 5) is 35.4. The number of nitrogens with one attached hydrogen (secondary N) is 2. The number of H-pyrrole nitrogens is 1. The zero-order valence-corrected chi connectivity index (χ0v) is 27.0. The zero-order chi connectivity index (χ0) is 34.6. The van der Waals surface area contributed by atoms with E-state index in [1.807, 2.05) is 0 Å². The van der Waals surface area contributed by atoms with Crippen molar-refractivity contribution in [2.45, 2.75) is 56.3 Å². The standard InChI is InChI=1S/C28H32N11O10P/c29-24-21-25(32-9-31-24)38(10-33-21)20-5-16(17(7-40)47-20)49-50(43,35-6-13-2-1-3-15-23(13)45-12-44-15)46-8-18-14(41)4-19(48-18)39-11-34-22-26(39)36-28(30)37-27(22)42/h1-3,9-11,14,16-20,40-41H,4-8,12H2,(H,35,43)(H2,29,31,32)(H3,30,36,37,42)/t14-,16-,17-,18-,19-,20-,50?/m1/s1. The van der Waals surface area contributed by atoms with E-state index in [0.717, 1.165) is 0 Å². The molecule has 0 aliphatic carbocycles. The number of rotatable bonds is 11. The first-order valence-corrected chi connectivity index (χ1v) is 17.0. The van der Waals surface area contributed by atoms with E-state index in [2.05, 4.69) is 35.0 Å². The van der Waals surface area contributed by atoms with Crippen molar-refractivity contribution >= 4 is 41.8 Å². The highest BCUT2D eigenvalue weighted by molar-refractivity contribution is 7.51. The summed E-state index contributed by atoms with van der Waals surface area (Å²) in [7, 11) is -4.27. The average Bonchev–Trinajstić information content (AvgIpc) is 3.93. The van der Waals surface area contributed by atoms with E-state index in [-0.39, 0.29) is 55.7 Å². The Morgan fingerprint density at radius 2 is 1.80 bits per heavy atom. The molecule has 3 aliphatic rings. The molecule has 2 saturated heterocycles. The molecule has 50 heavy (non-hydrogen) atoms. The maximum atomic E-state index is 14.5. The normalized spacial score (nSPS) is 25.9. The molecular weight excluding hydrogens is 681 g/mol. The Hall–Kier alpha value is -4.73. The van der Waals surface area contributed by atoms with Crippen molar-refractivity contribution in [3.63, 3.8) is 0 Å². The molecule has 2 fully saturated rings. The first-order valence-electron chi connectivity index (χ1n) is 15.5. The number of aliphatic hydroxyl groups excluding tert-OH is 2. The number of anilines is 2. The molecule has 1 aromatic carbocycles. The zero-order valence-electron chi connectivity index (χ0n) is 26.1. The van der Waals surface area contributed by atoms with Gasteiger partial charge < -0.3 is 40.6 Å². The van der Waals surface area contributed by atoms with Crippen LogP contribution < -0.4 is 31.6 Å². The molecule has 0 bridgehead atoms. The lowest BCUT2D eigenvalue weighted by atomic mass is 10.2. The summed E-state index contributed by atoms with van der Waals surface area (Å²) in [5.41, 5.74) is 12.8. The average molecular weight is 714 g/mol. The summed E-state index contributed by atoms with van der Waals surface area (Å²) in [5, 5.41) is 24.1. The molecule has 7 atom stereocenters. The van der Waals surface area contributed by atoms with Gasteiger partial charge in [-0.15, -0.1) is 0 Å². The number of hydrogen-bond donors (Lipinski definition) is 6. The van der Waals surface area contributed by atoms with E-state index >= 15 is 0 Å². The molecule has 8 N–H and O–H groups in total.